The second kappa shape index (κ2) is 6.07. The molecule has 2 aliphatic rings. The highest BCUT2D eigenvalue weighted by Crippen LogP contribution is 2.48. The molecule has 2 nitrogen and oxygen atoms in total. The predicted octanol–water partition coefficient (Wildman–Crippen LogP) is 3.82. The minimum absolute atomic E-state index is 0.714. The lowest BCUT2D eigenvalue weighted by molar-refractivity contribution is 0.337. The summed E-state index contributed by atoms with van der Waals surface area (Å²) in [7, 11) is 2.25. The van der Waals surface area contributed by atoms with Gasteiger partial charge in [0, 0.05) is 23.8 Å². The molecule has 0 aliphatic heterocycles. The van der Waals surface area contributed by atoms with Crippen LogP contribution in [0.2, 0.25) is 0 Å². The van der Waals surface area contributed by atoms with Gasteiger partial charge in [-0.2, -0.15) is 0 Å². The second-order valence-electron chi connectivity index (χ2n) is 6.63. The molecule has 0 heterocycles. The van der Waals surface area contributed by atoms with E-state index in [0.717, 1.165) is 28.6 Å². The fourth-order valence-electron chi connectivity index (χ4n) is 4.33. The van der Waals surface area contributed by atoms with Gasteiger partial charge < -0.3 is 10.6 Å². The van der Waals surface area contributed by atoms with Gasteiger partial charge in [0.25, 0.3) is 0 Å². The van der Waals surface area contributed by atoms with Crippen LogP contribution in [0.3, 0.4) is 0 Å². The van der Waals surface area contributed by atoms with Gasteiger partial charge in [-0.3, -0.25) is 0 Å². The summed E-state index contributed by atoms with van der Waals surface area (Å²) < 4.78 is 1.15. The predicted molar refractivity (Wildman–Crippen MR) is 89.1 cm³/mol. The largest absolute Gasteiger partial charge is 0.374 e. The molecule has 2 fully saturated rings. The fraction of sp³-hybridized carbons (Fsp3) is 0.647. The first-order valence-corrected chi connectivity index (χ1v) is 8.66. The monoisotopic (exact) mass is 336 g/mol. The number of fused-ring (bicyclic) bond motifs is 2. The Bertz CT molecular complexity index is 474. The van der Waals surface area contributed by atoms with E-state index in [1.54, 1.807) is 0 Å². The van der Waals surface area contributed by atoms with E-state index in [9.17, 15) is 0 Å². The lowest BCUT2D eigenvalue weighted by Gasteiger charge is -2.30. The highest BCUT2D eigenvalue weighted by Gasteiger charge is 2.39. The molecule has 3 rings (SSSR count). The topological polar surface area (TPSA) is 29.3 Å². The molecule has 1 aromatic rings. The summed E-state index contributed by atoms with van der Waals surface area (Å²) in [5.74, 6) is 2.94. The van der Waals surface area contributed by atoms with Gasteiger partial charge in [0.15, 0.2) is 0 Å². The summed E-state index contributed by atoms with van der Waals surface area (Å²) in [6.07, 6.45) is 6.86. The van der Waals surface area contributed by atoms with Crippen molar-refractivity contribution in [3.8, 4) is 0 Å². The summed E-state index contributed by atoms with van der Waals surface area (Å²) in [6, 6.07) is 6.61. The first-order chi connectivity index (χ1) is 9.67. The molecule has 2 N–H and O–H groups in total. The third-order valence-corrected chi connectivity index (χ3v) is 5.75. The number of hydrogen-bond donors (Lipinski definition) is 1. The van der Waals surface area contributed by atoms with Crippen LogP contribution in [0.1, 0.15) is 31.2 Å². The minimum Gasteiger partial charge on any atom is -0.374 e. The van der Waals surface area contributed by atoms with E-state index in [1.165, 1.54) is 43.5 Å². The van der Waals surface area contributed by atoms with E-state index in [0.29, 0.717) is 6.54 Å². The Kier molecular flexibility index (Phi) is 4.37. The standard InChI is InChI=1S/C17H25BrN2/c1-20(11-15-9-12-2-3-13(15)8-12)17-5-4-16(18)10-14(17)6-7-19/h4-5,10,12-13,15H,2-3,6-9,11,19H2,1H3. The lowest BCUT2D eigenvalue weighted by Crippen LogP contribution is -2.29. The zero-order valence-corrected chi connectivity index (χ0v) is 13.9. The van der Waals surface area contributed by atoms with Crippen molar-refractivity contribution in [2.24, 2.45) is 23.5 Å². The Balaban J connectivity index is 1.71. The Morgan fingerprint density at radius 1 is 1.30 bits per heavy atom. The number of halogens is 1. The SMILES string of the molecule is CN(CC1CC2CCC1C2)c1ccc(Br)cc1CCN. The zero-order valence-electron chi connectivity index (χ0n) is 12.3. The van der Waals surface area contributed by atoms with Crippen molar-refractivity contribution in [2.45, 2.75) is 32.1 Å². The number of nitrogens with zero attached hydrogens (tertiary/aromatic N) is 1. The van der Waals surface area contributed by atoms with Gasteiger partial charge >= 0.3 is 0 Å². The lowest BCUT2D eigenvalue weighted by atomic mass is 9.88. The van der Waals surface area contributed by atoms with Crippen LogP contribution >= 0.6 is 15.9 Å². The highest BCUT2D eigenvalue weighted by atomic mass is 79.9. The molecule has 2 aliphatic carbocycles. The normalized spacial score (nSPS) is 28.1. The van der Waals surface area contributed by atoms with Crippen LogP contribution in [0.5, 0.6) is 0 Å². The van der Waals surface area contributed by atoms with Crippen LogP contribution < -0.4 is 10.6 Å². The molecule has 0 radical (unpaired) electrons. The van der Waals surface area contributed by atoms with Crippen molar-refractivity contribution < 1.29 is 0 Å². The quantitative estimate of drug-likeness (QED) is 0.885. The molecule has 110 valence electrons. The fourth-order valence-corrected chi connectivity index (χ4v) is 4.74. The van der Waals surface area contributed by atoms with Gasteiger partial charge in [-0.05, 0) is 73.7 Å². The molecular formula is C17H25BrN2. The number of nitrogens with two attached hydrogens (primary N) is 1. The average Bonchev–Trinajstić information content (AvgIpc) is 3.01. The van der Waals surface area contributed by atoms with Crippen LogP contribution in [0.4, 0.5) is 5.69 Å². The van der Waals surface area contributed by atoms with Crippen molar-refractivity contribution in [1.29, 1.82) is 0 Å². The first-order valence-electron chi connectivity index (χ1n) is 7.87. The van der Waals surface area contributed by atoms with Crippen LogP contribution in [-0.2, 0) is 6.42 Å². The van der Waals surface area contributed by atoms with E-state index >= 15 is 0 Å². The van der Waals surface area contributed by atoms with Crippen LogP contribution in [0.15, 0.2) is 22.7 Å². The van der Waals surface area contributed by atoms with Gasteiger partial charge in [-0.15, -0.1) is 0 Å². The van der Waals surface area contributed by atoms with Gasteiger partial charge in [-0.25, -0.2) is 0 Å². The molecule has 2 saturated carbocycles. The van der Waals surface area contributed by atoms with Gasteiger partial charge in [0.1, 0.15) is 0 Å². The van der Waals surface area contributed by atoms with Crippen LogP contribution in [0, 0.1) is 17.8 Å². The molecular weight excluding hydrogens is 312 g/mol. The van der Waals surface area contributed by atoms with Crippen LogP contribution in [-0.4, -0.2) is 20.1 Å². The molecule has 3 heteroatoms. The minimum atomic E-state index is 0.714. The number of rotatable bonds is 5. The Morgan fingerprint density at radius 3 is 2.80 bits per heavy atom. The molecule has 0 spiro atoms. The summed E-state index contributed by atoms with van der Waals surface area (Å²) in [6.45, 7) is 1.92. The van der Waals surface area contributed by atoms with Gasteiger partial charge in [0.05, 0.1) is 0 Å². The molecule has 1 aromatic carbocycles. The van der Waals surface area contributed by atoms with Crippen molar-refractivity contribution in [3.63, 3.8) is 0 Å². The molecule has 3 unspecified atom stereocenters. The summed E-state index contributed by atoms with van der Waals surface area (Å²) in [5.41, 5.74) is 8.49. The number of benzene rings is 1. The summed E-state index contributed by atoms with van der Waals surface area (Å²) >= 11 is 3.57. The molecule has 0 aromatic heterocycles. The highest BCUT2D eigenvalue weighted by molar-refractivity contribution is 9.10. The summed E-state index contributed by atoms with van der Waals surface area (Å²) in [4.78, 5) is 2.46. The smallest absolute Gasteiger partial charge is 0.0397 e. The molecule has 0 saturated heterocycles. The number of hydrogen-bond acceptors (Lipinski definition) is 2. The second-order valence-corrected chi connectivity index (χ2v) is 7.54. The van der Waals surface area contributed by atoms with E-state index in [2.05, 4.69) is 46.1 Å². The molecule has 20 heavy (non-hydrogen) atoms. The van der Waals surface area contributed by atoms with E-state index in [-0.39, 0.29) is 0 Å². The third-order valence-electron chi connectivity index (χ3n) is 5.26. The summed E-state index contributed by atoms with van der Waals surface area (Å²) in [5, 5.41) is 0. The van der Waals surface area contributed by atoms with Crippen LogP contribution in [0.25, 0.3) is 0 Å². The third kappa shape index (κ3) is 2.89. The van der Waals surface area contributed by atoms with Gasteiger partial charge in [-0.1, -0.05) is 22.4 Å². The van der Waals surface area contributed by atoms with Crippen molar-refractivity contribution in [3.05, 3.63) is 28.2 Å². The van der Waals surface area contributed by atoms with Crippen molar-refractivity contribution >= 4 is 21.6 Å². The Labute approximate surface area is 130 Å². The van der Waals surface area contributed by atoms with Crippen molar-refractivity contribution in [1.82, 2.24) is 0 Å². The maximum absolute atomic E-state index is 5.76. The zero-order chi connectivity index (χ0) is 14.1. The molecule has 0 amide bonds. The maximum Gasteiger partial charge on any atom is 0.0397 e. The van der Waals surface area contributed by atoms with Crippen molar-refractivity contribution in [2.75, 3.05) is 25.0 Å². The average molecular weight is 337 g/mol. The van der Waals surface area contributed by atoms with Gasteiger partial charge in [0.2, 0.25) is 0 Å². The van der Waals surface area contributed by atoms with E-state index < -0.39 is 0 Å². The number of anilines is 1. The maximum atomic E-state index is 5.76. The Morgan fingerprint density at radius 2 is 2.15 bits per heavy atom. The van der Waals surface area contributed by atoms with E-state index in [1.807, 2.05) is 0 Å². The first kappa shape index (κ1) is 14.4. The van der Waals surface area contributed by atoms with E-state index in [4.69, 9.17) is 5.73 Å². The molecule has 2 bridgehead atoms. The Hall–Kier alpha value is -0.540. The molecule has 3 atom stereocenters.